The molecule has 0 spiro atoms. The summed E-state index contributed by atoms with van der Waals surface area (Å²) in [4.78, 5) is 2.94. The lowest BCUT2D eigenvalue weighted by Gasteiger charge is -2.20. The van der Waals surface area contributed by atoms with Gasteiger partial charge in [0, 0.05) is 22.6 Å². The number of fused-ring (bicyclic) bond motifs is 1. The van der Waals surface area contributed by atoms with Gasteiger partial charge in [-0.2, -0.15) is 0 Å². The van der Waals surface area contributed by atoms with Crippen molar-refractivity contribution in [2.24, 2.45) is 0 Å². The summed E-state index contributed by atoms with van der Waals surface area (Å²) in [5.41, 5.74) is 2.03. The molecule has 0 radical (unpaired) electrons. The highest BCUT2D eigenvalue weighted by Gasteiger charge is 2.10. The first-order valence-electron chi connectivity index (χ1n) is 5.97. The monoisotopic (exact) mass is 234 g/mol. The van der Waals surface area contributed by atoms with Crippen molar-refractivity contribution in [1.82, 2.24) is 10.3 Å². The normalized spacial score (nSPS) is 12.2. The minimum atomic E-state index is -0.161. The Morgan fingerprint density at radius 3 is 2.76 bits per heavy atom. The van der Waals surface area contributed by atoms with E-state index >= 15 is 0 Å². The average molecular weight is 234 g/mol. The molecule has 0 unspecified atom stereocenters. The van der Waals surface area contributed by atoms with Crippen molar-refractivity contribution < 1.29 is 4.39 Å². The number of benzene rings is 1. The number of nitrogens with one attached hydrogen (secondary N) is 2. The third kappa shape index (κ3) is 2.86. The van der Waals surface area contributed by atoms with Crippen molar-refractivity contribution in [1.29, 1.82) is 0 Å². The Hall–Kier alpha value is -1.35. The number of aromatic amines is 1. The molecule has 0 aliphatic carbocycles. The fraction of sp³-hybridized carbons (Fsp3) is 0.429. The van der Waals surface area contributed by atoms with Gasteiger partial charge in [0.25, 0.3) is 0 Å². The van der Waals surface area contributed by atoms with Crippen LogP contribution in [-0.4, -0.2) is 17.1 Å². The van der Waals surface area contributed by atoms with E-state index in [-0.39, 0.29) is 11.4 Å². The van der Waals surface area contributed by atoms with E-state index < -0.39 is 0 Å². The molecule has 0 saturated heterocycles. The van der Waals surface area contributed by atoms with E-state index in [1.165, 1.54) is 6.20 Å². The van der Waals surface area contributed by atoms with Crippen LogP contribution in [0.2, 0.25) is 0 Å². The highest BCUT2D eigenvalue weighted by molar-refractivity contribution is 5.83. The molecule has 0 amide bonds. The minimum Gasteiger partial charge on any atom is -0.359 e. The Morgan fingerprint density at radius 2 is 2.06 bits per heavy atom. The molecule has 1 aromatic heterocycles. The van der Waals surface area contributed by atoms with Crippen LogP contribution in [0.1, 0.15) is 26.3 Å². The number of halogens is 1. The number of rotatable bonds is 3. The van der Waals surface area contributed by atoms with Gasteiger partial charge < -0.3 is 10.3 Å². The zero-order valence-corrected chi connectivity index (χ0v) is 10.6. The number of hydrogen-bond donors (Lipinski definition) is 2. The first-order chi connectivity index (χ1) is 7.97. The van der Waals surface area contributed by atoms with Crippen molar-refractivity contribution >= 4 is 10.9 Å². The standard InChI is InChI=1S/C14H19FN2/c1-14(2,3)17-8-7-10-5-4-6-12-13(10)11(15)9-16-12/h4-6,9,16-17H,7-8H2,1-3H3. The van der Waals surface area contributed by atoms with Gasteiger partial charge in [0.05, 0.1) is 0 Å². The Kier molecular flexibility index (Phi) is 3.20. The van der Waals surface area contributed by atoms with E-state index in [9.17, 15) is 4.39 Å². The van der Waals surface area contributed by atoms with E-state index in [1.54, 1.807) is 0 Å². The van der Waals surface area contributed by atoms with Crippen molar-refractivity contribution in [3.8, 4) is 0 Å². The summed E-state index contributed by atoms with van der Waals surface area (Å²) in [6.45, 7) is 7.24. The molecule has 1 heterocycles. The van der Waals surface area contributed by atoms with Gasteiger partial charge in [0.15, 0.2) is 0 Å². The van der Waals surface area contributed by atoms with Crippen LogP contribution in [0.4, 0.5) is 4.39 Å². The van der Waals surface area contributed by atoms with E-state index in [1.807, 2.05) is 18.2 Å². The molecular weight excluding hydrogens is 215 g/mol. The first kappa shape index (κ1) is 12.1. The predicted octanol–water partition coefficient (Wildman–Crippen LogP) is 3.24. The first-order valence-corrected chi connectivity index (χ1v) is 5.97. The van der Waals surface area contributed by atoms with Gasteiger partial charge in [0.1, 0.15) is 5.82 Å². The lowest BCUT2D eigenvalue weighted by atomic mass is 10.1. The topological polar surface area (TPSA) is 27.8 Å². The highest BCUT2D eigenvalue weighted by Crippen LogP contribution is 2.21. The predicted molar refractivity (Wildman–Crippen MR) is 69.7 cm³/mol. The summed E-state index contributed by atoms with van der Waals surface area (Å²) in [5.74, 6) is -0.161. The lowest BCUT2D eigenvalue weighted by molar-refractivity contribution is 0.430. The second kappa shape index (κ2) is 4.49. The third-order valence-electron chi connectivity index (χ3n) is 2.79. The molecule has 92 valence electrons. The lowest BCUT2D eigenvalue weighted by Crippen LogP contribution is -2.37. The molecule has 17 heavy (non-hydrogen) atoms. The minimum absolute atomic E-state index is 0.102. The van der Waals surface area contributed by atoms with Gasteiger partial charge in [0.2, 0.25) is 0 Å². The second-order valence-electron chi connectivity index (χ2n) is 5.40. The van der Waals surface area contributed by atoms with Gasteiger partial charge in [-0.05, 0) is 45.4 Å². The second-order valence-corrected chi connectivity index (χ2v) is 5.40. The molecule has 0 aliphatic rings. The molecule has 2 rings (SSSR count). The van der Waals surface area contributed by atoms with E-state index in [4.69, 9.17) is 0 Å². The van der Waals surface area contributed by atoms with Gasteiger partial charge in [-0.15, -0.1) is 0 Å². The van der Waals surface area contributed by atoms with Crippen molar-refractivity contribution in [3.63, 3.8) is 0 Å². The van der Waals surface area contributed by atoms with Gasteiger partial charge in [-0.1, -0.05) is 12.1 Å². The van der Waals surface area contributed by atoms with Gasteiger partial charge >= 0.3 is 0 Å². The van der Waals surface area contributed by atoms with Crippen LogP contribution in [-0.2, 0) is 6.42 Å². The van der Waals surface area contributed by atoms with E-state index in [2.05, 4.69) is 31.1 Å². The Labute approximate surface area is 101 Å². The van der Waals surface area contributed by atoms with Crippen LogP contribution >= 0.6 is 0 Å². The smallest absolute Gasteiger partial charge is 0.148 e. The summed E-state index contributed by atoms with van der Waals surface area (Å²) in [6.07, 6.45) is 2.26. The van der Waals surface area contributed by atoms with Crippen molar-refractivity contribution in [3.05, 3.63) is 35.8 Å². The van der Waals surface area contributed by atoms with Crippen LogP contribution in [0.15, 0.2) is 24.4 Å². The Bertz CT molecular complexity index is 508. The molecule has 2 nitrogen and oxygen atoms in total. The fourth-order valence-corrected chi connectivity index (χ4v) is 2.00. The maximum absolute atomic E-state index is 13.6. The van der Waals surface area contributed by atoms with E-state index in [0.29, 0.717) is 0 Å². The summed E-state index contributed by atoms with van der Waals surface area (Å²) in [7, 11) is 0. The molecule has 0 bridgehead atoms. The zero-order valence-electron chi connectivity index (χ0n) is 10.6. The highest BCUT2D eigenvalue weighted by atomic mass is 19.1. The molecule has 0 fully saturated rings. The maximum Gasteiger partial charge on any atom is 0.148 e. The number of hydrogen-bond acceptors (Lipinski definition) is 1. The molecular formula is C14H19FN2. The quantitative estimate of drug-likeness (QED) is 0.838. The summed E-state index contributed by atoms with van der Waals surface area (Å²) in [6, 6.07) is 5.85. The molecule has 0 aliphatic heterocycles. The van der Waals surface area contributed by atoms with Crippen molar-refractivity contribution in [2.75, 3.05) is 6.54 Å². The summed E-state index contributed by atoms with van der Waals surface area (Å²) >= 11 is 0. The summed E-state index contributed by atoms with van der Waals surface area (Å²) < 4.78 is 13.6. The van der Waals surface area contributed by atoms with Crippen LogP contribution in [0, 0.1) is 5.82 Å². The molecule has 0 atom stereocenters. The molecule has 2 aromatic rings. The molecule has 3 heteroatoms. The van der Waals surface area contributed by atoms with Crippen molar-refractivity contribution in [2.45, 2.75) is 32.7 Å². The largest absolute Gasteiger partial charge is 0.359 e. The molecule has 0 saturated carbocycles. The molecule has 2 N–H and O–H groups in total. The van der Waals surface area contributed by atoms with Gasteiger partial charge in [-0.25, -0.2) is 4.39 Å². The number of H-pyrrole nitrogens is 1. The molecule has 1 aromatic carbocycles. The van der Waals surface area contributed by atoms with Crippen LogP contribution in [0.5, 0.6) is 0 Å². The summed E-state index contributed by atoms with van der Waals surface area (Å²) in [5, 5.41) is 4.14. The average Bonchev–Trinajstić information content (AvgIpc) is 2.60. The van der Waals surface area contributed by atoms with E-state index in [0.717, 1.165) is 29.4 Å². The Morgan fingerprint density at radius 1 is 1.29 bits per heavy atom. The Balaban J connectivity index is 2.16. The van der Waals surface area contributed by atoms with Gasteiger partial charge in [-0.3, -0.25) is 0 Å². The van der Waals surface area contributed by atoms with Crippen LogP contribution in [0.3, 0.4) is 0 Å². The fourth-order valence-electron chi connectivity index (χ4n) is 2.00. The number of aromatic nitrogens is 1. The SMILES string of the molecule is CC(C)(C)NCCc1cccc2[nH]cc(F)c12. The zero-order chi connectivity index (χ0) is 12.5. The maximum atomic E-state index is 13.6. The van der Waals surface area contributed by atoms with Crippen LogP contribution in [0.25, 0.3) is 10.9 Å². The van der Waals surface area contributed by atoms with Crippen LogP contribution < -0.4 is 5.32 Å². The third-order valence-corrected chi connectivity index (χ3v) is 2.79.